The van der Waals surface area contributed by atoms with E-state index in [1.807, 2.05) is 30.3 Å². The lowest BCUT2D eigenvalue weighted by molar-refractivity contribution is -0.124. The Bertz CT molecular complexity index is 748. The van der Waals surface area contributed by atoms with E-state index in [1.54, 1.807) is 18.2 Å². The van der Waals surface area contributed by atoms with Gasteiger partial charge in [-0.05, 0) is 24.3 Å². The fourth-order valence-corrected chi connectivity index (χ4v) is 2.75. The SMILES string of the molecule is C[S@@](=O)c1ccccc1C(=O)OCC(=O)NCCOc1ccccc1. The molecular weight excluding hydrogens is 342 g/mol. The average Bonchev–Trinajstić information content (AvgIpc) is 2.64. The molecule has 0 spiro atoms. The Kier molecular flexibility index (Phi) is 7.16. The van der Waals surface area contributed by atoms with Crippen molar-refractivity contribution in [2.75, 3.05) is 26.0 Å². The Balaban J connectivity index is 1.73. The molecule has 25 heavy (non-hydrogen) atoms. The van der Waals surface area contributed by atoms with Crippen LogP contribution in [0.1, 0.15) is 10.4 Å². The number of esters is 1. The molecule has 2 rings (SSSR count). The third kappa shape index (κ3) is 6.04. The maximum Gasteiger partial charge on any atom is 0.339 e. The number of nitrogens with one attached hydrogen (secondary N) is 1. The quantitative estimate of drug-likeness (QED) is 0.572. The van der Waals surface area contributed by atoms with Gasteiger partial charge in [-0.2, -0.15) is 0 Å². The van der Waals surface area contributed by atoms with Gasteiger partial charge >= 0.3 is 5.97 Å². The lowest BCUT2D eigenvalue weighted by Gasteiger charge is -2.09. The molecule has 0 fully saturated rings. The van der Waals surface area contributed by atoms with Crippen LogP contribution in [-0.2, 0) is 20.3 Å². The van der Waals surface area contributed by atoms with Gasteiger partial charge in [-0.15, -0.1) is 0 Å². The monoisotopic (exact) mass is 361 g/mol. The Labute approximate surface area is 148 Å². The maximum atomic E-state index is 12.0. The molecule has 0 bridgehead atoms. The van der Waals surface area contributed by atoms with Gasteiger partial charge in [0, 0.05) is 6.26 Å². The smallest absolute Gasteiger partial charge is 0.339 e. The van der Waals surface area contributed by atoms with Gasteiger partial charge in [0.05, 0.1) is 27.8 Å². The standard InChI is InChI=1S/C18H19NO5S/c1-25(22)16-10-6-5-9-15(16)18(21)24-13-17(20)19-11-12-23-14-7-3-2-4-8-14/h2-10H,11-13H2,1H3,(H,19,20)/t25-/m1/s1. The van der Waals surface area contributed by atoms with Crippen molar-refractivity contribution in [2.45, 2.75) is 4.90 Å². The molecule has 0 aromatic heterocycles. The molecule has 0 saturated heterocycles. The molecule has 0 heterocycles. The first kappa shape index (κ1) is 18.7. The number of hydrogen-bond donors (Lipinski definition) is 1. The first-order valence-electron chi connectivity index (χ1n) is 7.62. The first-order chi connectivity index (χ1) is 12.1. The molecule has 7 heteroatoms. The fourth-order valence-electron chi connectivity index (χ4n) is 2.02. The summed E-state index contributed by atoms with van der Waals surface area (Å²) in [6, 6.07) is 15.7. The van der Waals surface area contributed by atoms with Crippen LogP contribution < -0.4 is 10.1 Å². The first-order valence-corrected chi connectivity index (χ1v) is 9.18. The maximum absolute atomic E-state index is 12.0. The molecule has 2 aromatic rings. The van der Waals surface area contributed by atoms with Crippen LogP contribution in [0.5, 0.6) is 5.75 Å². The molecule has 0 aliphatic heterocycles. The molecular formula is C18H19NO5S. The highest BCUT2D eigenvalue weighted by molar-refractivity contribution is 7.84. The van der Waals surface area contributed by atoms with Crippen molar-refractivity contribution >= 4 is 22.7 Å². The van der Waals surface area contributed by atoms with E-state index in [4.69, 9.17) is 9.47 Å². The predicted octanol–water partition coefficient (Wildman–Crippen LogP) is 1.78. The number of carbonyl (C=O) groups is 2. The van der Waals surface area contributed by atoms with Crippen LogP contribution >= 0.6 is 0 Å². The largest absolute Gasteiger partial charge is 0.492 e. The molecule has 0 aliphatic rings. The molecule has 2 aromatic carbocycles. The molecule has 0 aliphatic carbocycles. The number of amides is 1. The Morgan fingerprint density at radius 3 is 2.44 bits per heavy atom. The minimum Gasteiger partial charge on any atom is -0.492 e. The summed E-state index contributed by atoms with van der Waals surface area (Å²) in [4.78, 5) is 24.1. The van der Waals surface area contributed by atoms with E-state index in [1.165, 1.54) is 12.3 Å². The summed E-state index contributed by atoms with van der Waals surface area (Å²) < 4.78 is 22.0. The normalized spacial score (nSPS) is 11.4. The number of para-hydroxylation sites is 1. The van der Waals surface area contributed by atoms with E-state index in [9.17, 15) is 13.8 Å². The van der Waals surface area contributed by atoms with Crippen LogP contribution in [0.15, 0.2) is 59.5 Å². The van der Waals surface area contributed by atoms with Crippen LogP contribution in [0.3, 0.4) is 0 Å². The Hall–Kier alpha value is -2.67. The lowest BCUT2D eigenvalue weighted by Crippen LogP contribution is -2.32. The van der Waals surface area contributed by atoms with Crippen molar-refractivity contribution in [3.05, 3.63) is 60.2 Å². The minimum absolute atomic E-state index is 0.198. The summed E-state index contributed by atoms with van der Waals surface area (Å²) in [6.45, 7) is 0.192. The lowest BCUT2D eigenvalue weighted by atomic mass is 10.2. The minimum atomic E-state index is -1.32. The summed E-state index contributed by atoms with van der Waals surface area (Å²) in [6.07, 6.45) is 1.48. The molecule has 1 amide bonds. The Morgan fingerprint density at radius 1 is 1.04 bits per heavy atom. The van der Waals surface area contributed by atoms with Gasteiger partial charge < -0.3 is 14.8 Å². The molecule has 0 radical (unpaired) electrons. The summed E-state index contributed by atoms with van der Waals surface area (Å²) in [5, 5.41) is 2.60. The van der Waals surface area contributed by atoms with Crippen molar-refractivity contribution in [3.63, 3.8) is 0 Å². The number of hydrogen-bond acceptors (Lipinski definition) is 5. The second kappa shape index (κ2) is 9.58. The van der Waals surface area contributed by atoms with Gasteiger partial charge in [0.1, 0.15) is 12.4 Å². The van der Waals surface area contributed by atoms with Gasteiger partial charge in [0.15, 0.2) is 6.61 Å². The molecule has 0 unspecified atom stereocenters. The van der Waals surface area contributed by atoms with Gasteiger partial charge in [-0.3, -0.25) is 9.00 Å². The van der Waals surface area contributed by atoms with Crippen molar-refractivity contribution in [3.8, 4) is 5.75 Å². The third-order valence-electron chi connectivity index (χ3n) is 3.19. The van der Waals surface area contributed by atoms with Crippen molar-refractivity contribution < 1.29 is 23.3 Å². The average molecular weight is 361 g/mol. The number of ether oxygens (including phenoxy) is 2. The van der Waals surface area contributed by atoms with Crippen molar-refractivity contribution in [2.24, 2.45) is 0 Å². The number of rotatable bonds is 8. The topological polar surface area (TPSA) is 81.7 Å². The number of benzene rings is 2. The van der Waals surface area contributed by atoms with Crippen LogP contribution in [-0.4, -0.2) is 42.1 Å². The van der Waals surface area contributed by atoms with Gasteiger partial charge in [-0.25, -0.2) is 4.79 Å². The molecule has 132 valence electrons. The highest BCUT2D eigenvalue weighted by Gasteiger charge is 2.15. The molecule has 0 saturated carbocycles. The molecule has 6 nitrogen and oxygen atoms in total. The van der Waals surface area contributed by atoms with Crippen LogP contribution in [0.4, 0.5) is 0 Å². The third-order valence-corrected chi connectivity index (χ3v) is 4.16. The summed E-state index contributed by atoms with van der Waals surface area (Å²) in [5.41, 5.74) is 0.198. The fraction of sp³-hybridized carbons (Fsp3) is 0.222. The van der Waals surface area contributed by atoms with Crippen LogP contribution in [0, 0.1) is 0 Å². The van der Waals surface area contributed by atoms with Crippen LogP contribution in [0.2, 0.25) is 0 Å². The van der Waals surface area contributed by atoms with Gasteiger partial charge in [0.25, 0.3) is 5.91 Å². The van der Waals surface area contributed by atoms with Crippen molar-refractivity contribution in [1.82, 2.24) is 5.32 Å². The molecule has 1 atom stereocenters. The van der Waals surface area contributed by atoms with E-state index in [2.05, 4.69) is 5.32 Å². The zero-order valence-corrected chi connectivity index (χ0v) is 14.6. The highest BCUT2D eigenvalue weighted by Crippen LogP contribution is 2.13. The zero-order valence-electron chi connectivity index (χ0n) is 13.8. The van der Waals surface area contributed by atoms with Gasteiger partial charge in [0.2, 0.25) is 0 Å². The van der Waals surface area contributed by atoms with E-state index >= 15 is 0 Å². The summed E-state index contributed by atoms with van der Waals surface area (Å²) >= 11 is 0. The zero-order chi connectivity index (χ0) is 18.1. The second-order valence-corrected chi connectivity index (χ2v) is 6.39. The van der Waals surface area contributed by atoms with E-state index in [0.29, 0.717) is 23.8 Å². The second-order valence-electron chi connectivity index (χ2n) is 5.04. The van der Waals surface area contributed by atoms with E-state index in [-0.39, 0.29) is 5.56 Å². The summed E-state index contributed by atoms with van der Waals surface area (Å²) in [7, 11) is -1.32. The highest BCUT2D eigenvalue weighted by atomic mass is 32.2. The predicted molar refractivity (Wildman–Crippen MR) is 94.0 cm³/mol. The van der Waals surface area contributed by atoms with E-state index < -0.39 is 29.3 Å². The Morgan fingerprint density at radius 2 is 1.72 bits per heavy atom. The summed E-state index contributed by atoms with van der Waals surface area (Å²) in [5.74, 6) is -0.394. The van der Waals surface area contributed by atoms with Gasteiger partial charge in [-0.1, -0.05) is 30.3 Å². The van der Waals surface area contributed by atoms with Crippen LogP contribution in [0.25, 0.3) is 0 Å². The van der Waals surface area contributed by atoms with Crippen molar-refractivity contribution in [1.29, 1.82) is 0 Å². The van der Waals surface area contributed by atoms with E-state index in [0.717, 1.165) is 0 Å². The number of carbonyl (C=O) groups excluding carboxylic acids is 2. The molecule has 1 N–H and O–H groups in total.